The molecule has 3 rings (SSSR count). The van der Waals surface area contributed by atoms with Crippen LogP contribution in [0, 0.1) is 5.92 Å². The molecule has 2 aliphatic heterocycles. The van der Waals surface area contributed by atoms with E-state index in [4.69, 9.17) is 14.7 Å². The Morgan fingerprint density at radius 1 is 1.35 bits per heavy atom. The number of aromatic nitrogens is 2. The van der Waals surface area contributed by atoms with Crippen LogP contribution in [0.4, 0.5) is 5.82 Å². The zero-order valence-electron chi connectivity index (χ0n) is 12.7. The number of hydrogen-bond acceptors (Lipinski definition) is 4. The second kappa shape index (κ2) is 5.68. The lowest BCUT2D eigenvalue weighted by Crippen LogP contribution is -2.19. The van der Waals surface area contributed by atoms with Gasteiger partial charge in [-0.05, 0) is 38.5 Å². The van der Waals surface area contributed by atoms with Gasteiger partial charge in [0.25, 0.3) is 0 Å². The standard InChI is InChI=1S/C16H25N3O/c1-4-17-15-8-11(7-10(2)3)18-16(19-15)13-9-12-5-6-14(13)20-12/h8,10,12-14H,4-7,9H2,1-3H3,(H,17,18,19). The predicted molar refractivity (Wildman–Crippen MR) is 80.0 cm³/mol. The van der Waals surface area contributed by atoms with Crippen molar-refractivity contribution < 1.29 is 4.74 Å². The first-order valence-corrected chi connectivity index (χ1v) is 7.93. The minimum absolute atomic E-state index is 0.351. The first-order chi connectivity index (χ1) is 9.65. The number of hydrogen-bond donors (Lipinski definition) is 1. The Morgan fingerprint density at radius 2 is 2.20 bits per heavy atom. The van der Waals surface area contributed by atoms with Crippen molar-refractivity contribution in [3.8, 4) is 0 Å². The van der Waals surface area contributed by atoms with Crippen LogP contribution >= 0.6 is 0 Å². The van der Waals surface area contributed by atoms with E-state index in [0.717, 1.165) is 36.7 Å². The fourth-order valence-electron chi connectivity index (χ4n) is 3.39. The van der Waals surface area contributed by atoms with Crippen molar-refractivity contribution in [2.45, 2.75) is 64.6 Å². The average Bonchev–Trinajstić information content (AvgIpc) is 3.00. The molecule has 3 atom stereocenters. The summed E-state index contributed by atoms with van der Waals surface area (Å²) in [5, 5.41) is 3.34. The van der Waals surface area contributed by atoms with Crippen molar-refractivity contribution in [1.82, 2.24) is 9.97 Å². The number of ether oxygens (including phenoxy) is 1. The highest BCUT2D eigenvalue weighted by Gasteiger charge is 2.43. The molecule has 3 unspecified atom stereocenters. The fourth-order valence-corrected chi connectivity index (χ4v) is 3.39. The number of anilines is 1. The number of nitrogens with zero attached hydrogens (tertiary/aromatic N) is 2. The summed E-state index contributed by atoms with van der Waals surface area (Å²) in [6.45, 7) is 7.46. The predicted octanol–water partition coefficient (Wildman–Crippen LogP) is 3.14. The van der Waals surface area contributed by atoms with E-state index in [9.17, 15) is 0 Å². The molecule has 2 fully saturated rings. The molecule has 0 spiro atoms. The minimum atomic E-state index is 0.351. The van der Waals surface area contributed by atoms with Crippen LogP contribution < -0.4 is 5.32 Å². The van der Waals surface area contributed by atoms with Crippen LogP contribution in [-0.4, -0.2) is 28.7 Å². The van der Waals surface area contributed by atoms with Crippen molar-refractivity contribution in [2.24, 2.45) is 5.92 Å². The van der Waals surface area contributed by atoms with Gasteiger partial charge in [0.2, 0.25) is 0 Å². The normalized spacial score (nSPS) is 28.3. The molecule has 20 heavy (non-hydrogen) atoms. The monoisotopic (exact) mass is 275 g/mol. The molecule has 0 amide bonds. The van der Waals surface area contributed by atoms with Crippen LogP contribution in [-0.2, 0) is 11.2 Å². The van der Waals surface area contributed by atoms with Gasteiger partial charge in [-0.1, -0.05) is 13.8 Å². The SMILES string of the molecule is CCNc1cc(CC(C)C)nc(C2CC3CCC2O3)n1. The van der Waals surface area contributed by atoms with E-state index in [1.807, 2.05) is 0 Å². The van der Waals surface area contributed by atoms with Gasteiger partial charge in [-0.15, -0.1) is 0 Å². The first-order valence-electron chi connectivity index (χ1n) is 7.93. The lowest BCUT2D eigenvalue weighted by Gasteiger charge is -2.19. The third-order valence-electron chi connectivity index (χ3n) is 4.21. The van der Waals surface area contributed by atoms with Crippen LogP contribution in [0.15, 0.2) is 6.07 Å². The maximum atomic E-state index is 5.96. The van der Waals surface area contributed by atoms with Crippen LogP contribution in [0.3, 0.4) is 0 Å². The Labute approximate surface area is 121 Å². The van der Waals surface area contributed by atoms with Crippen LogP contribution in [0.2, 0.25) is 0 Å². The van der Waals surface area contributed by atoms with E-state index in [0.29, 0.717) is 24.0 Å². The molecule has 0 radical (unpaired) electrons. The van der Waals surface area contributed by atoms with Gasteiger partial charge in [0, 0.05) is 24.2 Å². The van der Waals surface area contributed by atoms with E-state index >= 15 is 0 Å². The second-order valence-corrected chi connectivity index (χ2v) is 6.45. The average molecular weight is 275 g/mol. The quantitative estimate of drug-likeness (QED) is 0.896. The highest BCUT2D eigenvalue weighted by molar-refractivity contribution is 5.37. The van der Waals surface area contributed by atoms with Gasteiger partial charge < -0.3 is 10.1 Å². The Morgan fingerprint density at radius 3 is 2.80 bits per heavy atom. The molecule has 2 bridgehead atoms. The zero-order chi connectivity index (χ0) is 14.1. The second-order valence-electron chi connectivity index (χ2n) is 6.45. The number of rotatable bonds is 5. The van der Waals surface area contributed by atoms with Crippen molar-refractivity contribution in [3.05, 3.63) is 17.6 Å². The van der Waals surface area contributed by atoms with Crippen molar-refractivity contribution in [3.63, 3.8) is 0 Å². The van der Waals surface area contributed by atoms with Crippen LogP contribution in [0.25, 0.3) is 0 Å². The lowest BCUT2D eigenvalue weighted by atomic mass is 9.88. The minimum Gasteiger partial charge on any atom is -0.374 e. The molecule has 1 N–H and O–H groups in total. The van der Waals surface area contributed by atoms with Gasteiger partial charge in [-0.3, -0.25) is 0 Å². The molecule has 1 aromatic heterocycles. The molecular formula is C16H25N3O. The highest BCUT2D eigenvalue weighted by atomic mass is 16.5. The Kier molecular flexibility index (Phi) is 3.92. The van der Waals surface area contributed by atoms with Gasteiger partial charge in [0.1, 0.15) is 11.6 Å². The lowest BCUT2D eigenvalue weighted by molar-refractivity contribution is 0.0998. The third-order valence-corrected chi connectivity index (χ3v) is 4.21. The van der Waals surface area contributed by atoms with Gasteiger partial charge in [0.15, 0.2) is 0 Å². The third kappa shape index (κ3) is 2.80. The maximum absolute atomic E-state index is 5.96. The summed E-state index contributed by atoms with van der Waals surface area (Å²) in [4.78, 5) is 9.55. The summed E-state index contributed by atoms with van der Waals surface area (Å²) in [5.41, 5.74) is 1.16. The Balaban J connectivity index is 1.86. The van der Waals surface area contributed by atoms with E-state index in [1.165, 1.54) is 12.8 Å². The number of fused-ring (bicyclic) bond motifs is 2. The molecule has 0 aliphatic carbocycles. The molecule has 110 valence electrons. The summed E-state index contributed by atoms with van der Waals surface area (Å²) in [6.07, 6.45) is 5.29. The molecule has 0 aromatic carbocycles. The van der Waals surface area contributed by atoms with Gasteiger partial charge >= 0.3 is 0 Å². The van der Waals surface area contributed by atoms with E-state index < -0.39 is 0 Å². The van der Waals surface area contributed by atoms with Crippen LogP contribution in [0.1, 0.15) is 57.5 Å². The zero-order valence-corrected chi connectivity index (χ0v) is 12.7. The molecule has 2 saturated heterocycles. The van der Waals surface area contributed by atoms with E-state index in [2.05, 4.69) is 32.2 Å². The Hall–Kier alpha value is -1.16. The van der Waals surface area contributed by atoms with Gasteiger partial charge in [0.05, 0.1) is 12.2 Å². The summed E-state index contributed by atoms with van der Waals surface area (Å²) in [6, 6.07) is 2.10. The van der Waals surface area contributed by atoms with Crippen molar-refractivity contribution in [2.75, 3.05) is 11.9 Å². The van der Waals surface area contributed by atoms with Crippen molar-refractivity contribution in [1.29, 1.82) is 0 Å². The first kappa shape index (κ1) is 13.8. The molecule has 2 aliphatic rings. The molecule has 1 aromatic rings. The summed E-state index contributed by atoms with van der Waals surface area (Å²) >= 11 is 0. The smallest absolute Gasteiger partial charge is 0.136 e. The Bertz CT molecular complexity index is 475. The maximum Gasteiger partial charge on any atom is 0.136 e. The topological polar surface area (TPSA) is 47.0 Å². The molecular weight excluding hydrogens is 250 g/mol. The summed E-state index contributed by atoms with van der Waals surface area (Å²) in [7, 11) is 0. The van der Waals surface area contributed by atoms with Crippen LogP contribution in [0.5, 0.6) is 0 Å². The summed E-state index contributed by atoms with van der Waals surface area (Å²) in [5.74, 6) is 2.98. The largest absolute Gasteiger partial charge is 0.374 e. The van der Waals surface area contributed by atoms with Gasteiger partial charge in [-0.25, -0.2) is 9.97 Å². The molecule has 3 heterocycles. The van der Waals surface area contributed by atoms with Gasteiger partial charge in [-0.2, -0.15) is 0 Å². The molecule has 4 nitrogen and oxygen atoms in total. The molecule has 0 saturated carbocycles. The van der Waals surface area contributed by atoms with E-state index in [1.54, 1.807) is 0 Å². The molecule has 4 heteroatoms. The fraction of sp³-hybridized carbons (Fsp3) is 0.750. The summed E-state index contributed by atoms with van der Waals surface area (Å²) < 4.78 is 5.96. The number of nitrogens with one attached hydrogen (secondary N) is 1. The van der Waals surface area contributed by atoms with Crippen molar-refractivity contribution >= 4 is 5.82 Å². The highest BCUT2D eigenvalue weighted by Crippen LogP contribution is 2.43. The van der Waals surface area contributed by atoms with E-state index in [-0.39, 0.29) is 0 Å².